The van der Waals surface area contributed by atoms with Crippen LogP contribution < -0.4 is 10.6 Å². The molecule has 1 saturated heterocycles. The van der Waals surface area contributed by atoms with Crippen molar-refractivity contribution in [2.75, 3.05) is 25.1 Å². The van der Waals surface area contributed by atoms with Crippen LogP contribution in [-0.4, -0.2) is 37.0 Å². The van der Waals surface area contributed by atoms with E-state index in [4.69, 9.17) is 0 Å². The predicted octanol–water partition coefficient (Wildman–Crippen LogP) is 2.07. The van der Waals surface area contributed by atoms with Crippen LogP contribution in [0.1, 0.15) is 28.8 Å². The third-order valence-corrected chi connectivity index (χ3v) is 4.51. The Hall–Kier alpha value is -1.00. The molecular formula is C15H22N2OS. The molecule has 1 heterocycles. The van der Waals surface area contributed by atoms with Gasteiger partial charge in [-0.1, -0.05) is 18.2 Å². The van der Waals surface area contributed by atoms with Crippen molar-refractivity contribution in [2.24, 2.45) is 0 Å². The molecule has 0 saturated carbocycles. The quantitative estimate of drug-likeness (QED) is 0.866. The molecule has 1 aromatic rings. The molecular weight excluding hydrogens is 256 g/mol. The largest absolute Gasteiger partial charge is 0.349 e. The summed E-state index contributed by atoms with van der Waals surface area (Å²) in [5.74, 6) is 2.40. The summed E-state index contributed by atoms with van der Waals surface area (Å²) in [5.41, 5.74) is 1.95. The van der Waals surface area contributed by atoms with Crippen molar-refractivity contribution in [1.82, 2.24) is 10.6 Å². The van der Waals surface area contributed by atoms with Gasteiger partial charge in [-0.3, -0.25) is 4.79 Å². The van der Waals surface area contributed by atoms with Crippen LogP contribution in [-0.2, 0) is 6.42 Å². The van der Waals surface area contributed by atoms with Crippen LogP contribution in [0.15, 0.2) is 24.3 Å². The molecule has 0 bridgehead atoms. The smallest absolute Gasteiger partial charge is 0.251 e. The SMILES string of the molecule is CNCCc1ccccc1C(=O)NC1CCSCC1. The van der Waals surface area contributed by atoms with E-state index in [-0.39, 0.29) is 5.91 Å². The summed E-state index contributed by atoms with van der Waals surface area (Å²) in [5, 5.41) is 6.31. The highest BCUT2D eigenvalue weighted by atomic mass is 32.2. The van der Waals surface area contributed by atoms with Crippen molar-refractivity contribution < 1.29 is 4.79 Å². The Kier molecular flexibility index (Phi) is 5.73. The van der Waals surface area contributed by atoms with Gasteiger partial charge < -0.3 is 10.6 Å². The molecule has 1 amide bonds. The van der Waals surface area contributed by atoms with E-state index < -0.39 is 0 Å². The van der Waals surface area contributed by atoms with Gasteiger partial charge in [0, 0.05) is 11.6 Å². The van der Waals surface area contributed by atoms with E-state index in [1.807, 2.05) is 43.1 Å². The highest BCUT2D eigenvalue weighted by Crippen LogP contribution is 2.18. The highest BCUT2D eigenvalue weighted by Gasteiger charge is 2.18. The summed E-state index contributed by atoms with van der Waals surface area (Å²) in [7, 11) is 1.93. The van der Waals surface area contributed by atoms with E-state index in [0.717, 1.165) is 48.4 Å². The maximum absolute atomic E-state index is 12.4. The van der Waals surface area contributed by atoms with Crippen LogP contribution in [0.2, 0.25) is 0 Å². The first-order valence-corrected chi connectivity index (χ1v) is 8.08. The van der Waals surface area contributed by atoms with Crippen molar-refractivity contribution in [2.45, 2.75) is 25.3 Å². The lowest BCUT2D eigenvalue weighted by Crippen LogP contribution is -2.37. The fraction of sp³-hybridized carbons (Fsp3) is 0.533. The summed E-state index contributed by atoms with van der Waals surface area (Å²) in [6, 6.07) is 8.26. The number of rotatable bonds is 5. The van der Waals surface area contributed by atoms with Gasteiger partial charge in [-0.2, -0.15) is 11.8 Å². The van der Waals surface area contributed by atoms with Crippen molar-refractivity contribution in [3.63, 3.8) is 0 Å². The van der Waals surface area contributed by atoms with Crippen LogP contribution in [0.3, 0.4) is 0 Å². The van der Waals surface area contributed by atoms with E-state index in [1.165, 1.54) is 0 Å². The number of carbonyl (C=O) groups excluding carboxylic acids is 1. The number of likely N-dealkylation sites (N-methyl/N-ethyl adjacent to an activating group) is 1. The molecule has 0 atom stereocenters. The van der Waals surface area contributed by atoms with Gasteiger partial charge in [-0.25, -0.2) is 0 Å². The molecule has 0 aliphatic carbocycles. The topological polar surface area (TPSA) is 41.1 Å². The summed E-state index contributed by atoms with van der Waals surface area (Å²) in [4.78, 5) is 12.4. The van der Waals surface area contributed by atoms with E-state index in [0.29, 0.717) is 6.04 Å². The normalized spacial score (nSPS) is 16.3. The molecule has 1 aliphatic heterocycles. The van der Waals surface area contributed by atoms with Crippen molar-refractivity contribution in [3.05, 3.63) is 35.4 Å². The van der Waals surface area contributed by atoms with Gasteiger partial charge in [0.15, 0.2) is 0 Å². The third-order valence-electron chi connectivity index (χ3n) is 3.46. The van der Waals surface area contributed by atoms with Crippen LogP contribution >= 0.6 is 11.8 Å². The standard InChI is InChI=1S/C15H22N2OS/c1-16-9-6-12-4-2-3-5-14(12)15(18)17-13-7-10-19-11-8-13/h2-5,13,16H,6-11H2,1H3,(H,17,18). The molecule has 104 valence electrons. The summed E-state index contributed by atoms with van der Waals surface area (Å²) in [6.45, 7) is 0.893. The number of carbonyl (C=O) groups is 1. The third kappa shape index (κ3) is 4.25. The fourth-order valence-electron chi connectivity index (χ4n) is 2.32. The average Bonchev–Trinajstić information content (AvgIpc) is 2.46. The van der Waals surface area contributed by atoms with Crippen molar-refractivity contribution in [3.8, 4) is 0 Å². The van der Waals surface area contributed by atoms with E-state index in [2.05, 4.69) is 10.6 Å². The molecule has 0 aromatic heterocycles. The van der Waals surface area contributed by atoms with Crippen LogP contribution in [0.5, 0.6) is 0 Å². The Labute approximate surface area is 119 Å². The van der Waals surface area contributed by atoms with Crippen LogP contribution in [0.4, 0.5) is 0 Å². The van der Waals surface area contributed by atoms with E-state index >= 15 is 0 Å². The van der Waals surface area contributed by atoms with Crippen LogP contribution in [0, 0.1) is 0 Å². The number of hydrogen-bond acceptors (Lipinski definition) is 3. The summed E-state index contributed by atoms with van der Waals surface area (Å²) in [6.07, 6.45) is 3.07. The molecule has 1 aromatic carbocycles. The Morgan fingerprint density at radius 1 is 1.32 bits per heavy atom. The minimum absolute atomic E-state index is 0.0867. The maximum atomic E-state index is 12.4. The Bertz CT molecular complexity index is 416. The van der Waals surface area contributed by atoms with Gasteiger partial charge >= 0.3 is 0 Å². The second-order valence-electron chi connectivity index (χ2n) is 4.87. The zero-order chi connectivity index (χ0) is 13.5. The average molecular weight is 278 g/mol. The van der Waals surface area contributed by atoms with E-state index in [9.17, 15) is 4.79 Å². The number of hydrogen-bond donors (Lipinski definition) is 2. The Morgan fingerprint density at radius 3 is 2.79 bits per heavy atom. The highest BCUT2D eigenvalue weighted by molar-refractivity contribution is 7.99. The first kappa shape index (κ1) is 14.4. The molecule has 19 heavy (non-hydrogen) atoms. The molecule has 0 unspecified atom stereocenters. The van der Waals surface area contributed by atoms with Crippen molar-refractivity contribution >= 4 is 17.7 Å². The zero-order valence-corrected chi connectivity index (χ0v) is 12.3. The first-order valence-electron chi connectivity index (χ1n) is 6.92. The molecule has 3 nitrogen and oxygen atoms in total. The predicted molar refractivity (Wildman–Crippen MR) is 81.9 cm³/mol. The lowest BCUT2D eigenvalue weighted by atomic mass is 10.0. The number of thioether (sulfide) groups is 1. The zero-order valence-electron chi connectivity index (χ0n) is 11.4. The second kappa shape index (κ2) is 7.56. The van der Waals surface area contributed by atoms with Gasteiger partial charge in [0.2, 0.25) is 0 Å². The molecule has 4 heteroatoms. The molecule has 1 aliphatic rings. The number of amides is 1. The Balaban J connectivity index is 2.00. The second-order valence-corrected chi connectivity index (χ2v) is 6.10. The lowest BCUT2D eigenvalue weighted by molar-refractivity contribution is 0.0934. The van der Waals surface area contributed by atoms with Crippen LogP contribution in [0.25, 0.3) is 0 Å². The Morgan fingerprint density at radius 2 is 2.05 bits per heavy atom. The van der Waals surface area contributed by atoms with Gasteiger partial charge in [0.05, 0.1) is 0 Å². The van der Waals surface area contributed by atoms with Gasteiger partial charge in [0.1, 0.15) is 0 Å². The number of nitrogens with one attached hydrogen (secondary N) is 2. The number of benzene rings is 1. The van der Waals surface area contributed by atoms with E-state index in [1.54, 1.807) is 0 Å². The van der Waals surface area contributed by atoms with Gasteiger partial charge in [0.25, 0.3) is 5.91 Å². The van der Waals surface area contributed by atoms with Gasteiger partial charge in [-0.05, 0) is 56.0 Å². The van der Waals surface area contributed by atoms with Crippen molar-refractivity contribution in [1.29, 1.82) is 0 Å². The lowest BCUT2D eigenvalue weighted by Gasteiger charge is -2.23. The molecule has 2 N–H and O–H groups in total. The summed E-state index contributed by atoms with van der Waals surface area (Å²) >= 11 is 1.98. The minimum atomic E-state index is 0.0867. The molecule has 1 fully saturated rings. The fourth-order valence-corrected chi connectivity index (χ4v) is 3.43. The minimum Gasteiger partial charge on any atom is -0.349 e. The molecule has 0 spiro atoms. The monoisotopic (exact) mass is 278 g/mol. The molecule has 0 radical (unpaired) electrons. The molecule has 2 rings (SSSR count). The first-order chi connectivity index (χ1) is 9.31. The summed E-state index contributed by atoms with van der Waals surface area (Å²) < 4.78 is 0. The maximum Gasteiger partial charge on any atom is 0.251 e. The van der Waals surface area contributed by atoms with Gasteiger partial charge in [-0.15, -0.1) is 0 Å².